The summed E-state index contributed by atoms with van der Waals surface area (Å²) in [7, 11) is 3.21. The molecule has 0 bridgehead atoms. The zero-order valence-electron chi connectivity index (χ0n) is 13.2. The van der Waals surface area contributed by atoms with Crippen LogP contribution in [0.5, 0.6) is 11.5 Å². The molecule has 6 nitrogen and oxygen atoms in total. The maximum Gasteiger partial charge on any atom is 0.269 e. The number of hydrogen-bond donors (Lipinski definition) is 1. The van der Waals surface area contributed by atoms with Gasteiger partial charge in [0, 0.05) is 24.1 Å². The van der Waals surface area contributed by atoms with E-state index in [1.165, 1.54) is 12.1 Å². The number of ether oxygens (including phenoxy) is 2. The van der Waals surface area contributed by atoms with Crippen LogP contribution in [0, 0.1) is 10.1 Å². The Morgan fingerprint density at radius 3 is 2.35 bits per heavy atom. The van der Waals surface area contributed by atoms with Crippen LogP contribution < -0.4 is 15.2 Å². The molecule has 0 amide bonds. The Bertz CT molecular complexity index is 671. The number of nitrogens with two attached hydrogens (primary N) is 1. The molecule has 0 saturated carbocycles. The van der Waals surface area contributed by atoms with E-state index < -0.39 is 4.92 Å². The predicted octanol–water partition coefficient (Wildman–Crippen LogP) is 2.90. The van der Waals surface area contributed by atoms with Crippen molar-refractivity contribution in [1.82, 2.24) is 0 Å². The molecule has 2 aromatic rings. The molecule has 0 aromatic heterocycles. The summed E-state index contributed by atoms with van der Waals surface area (Å²) in [4.78, 5) is 10.3. The topological polar surface area (TPSA) is 87.6 Å². The molecule has 0 aliphatic heterocycles. The molecule has 1 atom stereocenters. The van der Waals surface area contributed by atoms with Gasteiger partial charge in [-0.25, -0.2) is 0 Å². The molecule has 0 fully saturated rings. The molecular formula is C17H20N2O4. The number of hydrogen-bond acceptors (Lipinski definition) is 5. The Morgan fingerprint density at radius 1 is 1.13 bits per heavy atom. The number of benzene rings is 2. The first kappa shape index (κ1) is 16.8. The van der Waals surface area contributed by atoms with Crippen LogP contribution in [0.1, 0.15) is 17.0 Å². The number of methoxy groups -OCH3 is 2. The third-order valence-electron chi connectivity index (χ3n) is 3.79. The Morgan fingerprint density at radius 2 is 1.83 bits per heavy atom. The molecule has 2 rings (SSSR count). The van der Waals surface area contributed by atoms with Crippen molar-refractivity contribution in [3.8, 4) is 11.5 Å². The van der Waals surface area contributed by atoms with Gasteiger partial charge in [0.25, 0.3) is 5.69 Å². The van der Waals surface area contributed by atoms with Crippen LogP contribution in [0.2, 0.25) is 0 Å². The molecule has 0 radical (unpaired) electrons. The minimum Gasteiger partial charge on any atom is -0.497 e. The quantitative estimate of drug-likeness (QED) is 0.627. The van der Waals surface area contributed by atoms with E-state index in [0.29, 0.717) is 13.0 Å². The fourth-order valence-corrected chi connectivity index (χ4v) is 2.51. The molecule has 6 heteroatoms. The summed E-state index contributed by atoms with van der Waals surface area (Å²) in [5.41, 5.74) is 8.00. The lowest BCUT2D eigenvalue weighted by Gasteiger charge is -2.19. The maximum atomic E-state index is 10.7. The molecule has 2 aromatic carbocycles. The Hall–Kier alpha value is -2.60. The first-order valence-corrected chi connectivity index (χ1v) is 7.24. The van der Waals surface area contributed by atoms with Gasteiger partial charge in [0.2, 0.25) is 0 Å². The van der Waals surface area contributed by atoms with Gasteiger partial charge < -0.3 is 15.2 Å². The number of nitrogens with zero attached hydrogens (tertiary/aromatic N) is 1. The zero-order valence-corrected chi connectivity index (χ0v) is 13.2. The minimum atomic E-state index is -0.406. The van der Waals surface area contributed by atoms with E-state index in [4.69, 9.17) is 15.2 Å². The van der Waals surface area contributed by atoms with Crippen molar-refractivity contribution in [2.24, 2.45) is 5.73 Å². The highest BCUT2D eigenvalue weighted by atomic mass is 16.6. The highest BCUT2D eigenvalue weighted by molar-refractivity contribution is 5.44. The summed E-state index contributed by atoms with van der Waals surface area (Å²) >= 11 is 0. The van der Waals surface area contributed by atoms with Crippen molar-refractivity contribution >= 4 is 5.69 Å². The van der Waals surface area contributed by atoms with Gasteiger partial charge in [0.1, 0.15) is 11.5 Å². The van der Waals surface area contributed by atoms with Crippen molar-refractivity contribution in [2.75, 3.05) is 20.8 Å². The van der Waals surface area contributed by atoms with Gasteiger partial charge in [0.15, 0.2) is 0 Å². The highest BCUT2D eigenvalue weighted by Gasteiger charge is 2.17. The summed E-state index contributed by atoms with van der Waals surface area (Å²) in [5.74, 6) is 1.50. The second-order valence-corrected chi connectivity index (χ2v) is 5.17. The van der Waals surface area contributed by atoms with Gasteiger partial charge in [-0.05, 0) is 30.2 Å². The van der Waals surface area contributed by atoms with Crippen molar-refractivity contribution in [2.45, 2.75) is 12.3 Å². The number of nitro groups is 1. The van der Waals surface area contributed by atoms with E-state index in [1.807, 2.05) is 18.2 Å². The molecular weight excluding hydrogens is 296 g/mol. The molecule has 23 heavy (non-hydrogen) atoms. The van der Waals surface area contributed by atoms with E-state index in [1.54, 1.807) is 26.4 Å². The van der Waals surface area contributed by atoms with Crippen molar-refractivity contribution < 1.29 is 14.4 Å². The van der Waals surface area contributed by atoms with Gasteiger partial charge in [0.05, 0.1) is 19.1 Å². The van der Waals surface area contributed by atoms with E-state index in [9.17, 15) is 10.1 Å². The van der Waals surface area contributed by atoms with Gasteiger partial charge >= 0.3 is 0 Å². The van der Waals surface area contributed by atoms with Crippen LogP contribution in [0.15, 0.2) is 42.5 Å². The second kappa shape index (κ2) is 7.60. The summed E-state index contributed by atoms with van der Waals surface area (Å²) in [5, 5.41) is 10.7. The average Bonchev–Trinajstić information content (AvgIpc) is 2.59. The molecule has 0 aliphatic carbocycles. The van der Waals surface area contributed by atoms with Crippen LogP contribution >= 0.6 is 0 Å². The van der Waals surface area contributed by atoms with Gasteiger partial charge in [-0.15, -0.1) is 0 Å². The monoisotopic (exact) mass is 316 g/mol. The maximum absolute atomic E-state index is 10.7. The Labute approximate surface area is 135 Å². The first-order chi connectivity index (χ1) is 11.1. The smallest absolute Gasteiger partial charge is 0.269 e. The molecule has 0 spiro atoms. The summed E-state index contributed by atoms with van der Waals surface area (Å²) in [6, 6.07) is 12.2. The van der Waals surface area contributed by atoms with E-state index in [0.717, 1.165) is 22.6 Å². The SMILES string of the molecule is COc1ccc(C(CN)Cc2ccc([N+](=O)[O-])cc2)c(OC)c1. The third-order valence-corrected chi connectivity index (χ3v) is 3.79. The van der Waals surface area contributed by atoms with E-state index >= 15 is 0 Å². The Kier molecular flexibility index (Phi) is 5.54. The summed E-state index contributed by atoms with van der Waals surface area (Å²) in [6.45, 7) is 0.444. The lowest BCUT2D eigenvalue weighted by Crippen LogP contribution is -2.16. The lowest BCUT2D eigenvalue weighted by molar-refractivity contribution is -0.384. The predicted molar refractivity (Wildman–Crippen MR) is 88.1 cm³/mol. The van der Waals surface area contributed by atoms with Crippen LogP contribution in [0.25, 0.3) is 0 Å². The molecule has 0 aliphatic rings. The molecule has 2 N–H and O–H groups in total. The summed E-state index contributed by atoms with van der Waals surface area (Å²) in [6.07, 6.45) is 0.678. The number of non-ortho nitro benzene ring substituents is 1. The number of nitro benzene ring substituents is 1. The summed E-state index contributed by atoms with van der Waals surface area (Å²) < 4.78 is 10.6. The standard InChI is InChI=1S/C17H20N2O4/c1-22-15-7-8-16(17(10-15)23-2)13(11-18)9-12-3-5-14(6-4-12)19(20)21/h3-8,10,13H,9,11,18H2,1-2H3. The highest BCUT2D eigenvalue weighted by Crippen LogP contribution is 2.32. The lowest BCUT2D eigenvalue weighted by atomic mass is 9.91. The fraction of sp³-hybridized carbons (Fsp3) is 0.294. The third kappa shape index (κ3) is 3.98. The fourth-order valence-electron chi connectivity index (χ4n) is 2.51. The minimum absolute atomic E-state index is 0.0531. The average molecular weight is 316 g/mol. The van der Waals surface area contributed by atoms with Crippen molar-refractivity contribution in [1.29, 1.82) is 0 Å². The molecule has 1 unspecified atom stereocenters. The zero-order chi connectivity index (χ0) is 16.8. The van der Waals surface area contributed by atoms with Crippen molar-refractivity contribution in [3.63, 3.8) is 0 Å². The van der Waals surface area contributed by atoms with Crippen LogP contribution in [-0.2, 0) is 6.42 Å². The van der Waals surface area contributed by atoms with Gasteiger partial charge in [-0.3, -0.25) is 10.1 Å². The largest absolute Gasteiger partial charge is 0.497 e. The van der Waals surface area contributed by atoms with Crippen molar-refractivity contribution in [3.05, 3.63) is 63.7 Å². The second-order valence-electron chi connectivity index (χ2n) is 5.17. The van der Waals surface area contributed by atoms with E-state index in [2.05, 4.69) is 0 Å². The molecule has 0 heterocycles. The van der Waals surface area contributed by atoms with E-state index in [-0.39, 0.29) is 11.6 Å². The normalized spacial score (nSPS) is 11.8. The van der Waals surface area contributed by atoms with Crippen LogP contribution in [-0.4, -0.2) is 25.7 Å². The van der Waals surface area contributed by atoms with Crippen LogP contribution in [0.4, 0.5) is 5.69 Å². The van der Waals surface area contributed by atoms with Crippen LogP contribution in [0.3, 0.4) is 0 Å². The number of rotatable bonds is 7. The van der Waals surface area contributed by atoms with Gasteiger partial charge in [-0.1, -0.05) is 18.2 Å². The molecule has 0 saturated heterocycles. The molecule has 122 valence electrons. The van der Waals surface area contributed by atoms with Gasteiger partial charge in [-0.2, -0.15) is 0 Å². The first-order valence-electron chi connectivity index (χ1n) is 7.24. The Balaban J connectivity index is 2.24.